The third-order valence-electron chi connectivity index (χ3n) is 9.64. The Bertz CT molecular complexity index is 1750. The molecule has 0 saturated heterocycles. The van der Waals surface area contributed by atoms with E-state index in [1.165, 1.54) is 0 Å². The number of carbonyl (C=O) groups excluding carboxylic acids is 5. The minimum atomic E-state index is -1.33. The minimum absolute atomic E-state index is 0.137. The Balaban J connectivity index is 1.69. The van der Waals surface area contributed by atoms with E-state index in [4.69, 9.17) is 19.9 Å². The average molecular weight is 823 g/mol. The molecule has 14 heteroatoms. The molecular formula is C45H68N5O9-. The first-order valence-electron chi connectivity index (χ1n) is 21.0. The topological polar surface area (TPSA) is 211 Å². The summed E-state index contributed by atoms with van der Waals surface area (Å²) in [6.45, 7) is 16.2. The number of carbonyl (C=O) groups is 5. The van der Waals surface area contributed by atoms with Crippen LogP contribution in [0, 0.1) is 11.8 Å². The number of hydrogen-bond donors (Lipinski definition) is 4. The van der Waals surface area contributed by atoms with Crippen LogP contribution in [-0.4, -0.2) is 83.8 Å². The van der Waals surface area contributed by atoms with Crippen LogP contribution in [0.4, 0.5) is 0 Å². The molecule has 328 valence electrons. The van der Waals surface area contributed by atoms with Crippen molar-refractivity contribution in [2.75, 3.05) is 13.1 Å². The molecule has 1 aliphatic carbocycles. The van der Waals surface area contributed by atoms with Crippen LogP contribution >= 0.6 is 0 Å². The summed E-state index contributed by atoms with van der Waals surface area (Å²) in [5.74, 6) is -2.27. The standard InChI is InChI=1S/C45H69N5O9/c1-43(2,3)57-37(51)24-23-35(41(55)59-45(7,8)9)50-42(56)49-34(40(54)58-44(4,5)6)16-12-13-25-47-39(53)36(48-38(52)32-21-17-29(28-46)18-22-32)27-30-19-20-31-14-10-11-15-33(31)26-30/h10-11,14-15,19-20,26,29,32,34-36H,12-13,16-18,21-25,27-28,46H2,1-9H3,(H,47,53)(H,48,52)(H2,49,50,56)/p-1/t29?,32?,34-,35-,36-/m0/s1. The van der Waals surface area contributed by atoms with Gasteiger partial charge in [0.25, 0.3) is 0 Å². The fourth-order valence-corrected chi connectivity index (χ4v) is 6.77. The van der Waals surface area contributed by atoms with Gasteiger partial charge in [-0.05, 0) is 142 Å². The SMILES string of the molecule is CC(C)(C)OC(=O)CC[C@H](N=C([O-])N[C@@H](CCCCNC(=O)[C@H](Cc1ccc2ccccc2c1)NC(=O)C1CCC(CN)CC1)C(=O)OC(C)(C)C)C(=O)OC(C)(C)C. The van der Waals surface area contributed by atoms with Crippen molar-refractivity contribution in [3.05, 3.63) is 48.0 Å². The molecule has 0 radical (unpaired) electrons. The van der Waals surface area contributed by atoms with E-state index in [-0.39, 0.29) is 43.5 Å². The number of hydrogen-bond acceptors (Lipinski definition) is 11. The van der Waals surface area contributed by atoms with E-state index in [0.717, 1.165) is 42.0 Å². The molecule has 0 spiro atoms. The molecular weight excluding hydrogens is 755 g/mol. The molecule has 0 unspecified atom stereocenters. The van der Waals surface area contributed by atoms with Crippen LogP contribution < -0.4 is 26.8 Å². The number of amides is 2. The van der Waals surface area contributed by atoms with Crippen molar-refractivity contribution < 1.29 is 43.3 Å². The van der Waals surface area contributed by atoms with Crippen LogP contribution in [0.5, 0.6) is 0 Å². The second-order valence-electron chi connectivity index (χ2n) is 18.5. The Morgan fingerprint density at radius 1 is 0.763 bits per heavy atom. The summed E-state index contributed by atoms with van der Waals surface area (Å²) in [6, 6.07) is 9.75. The Hall–Kier alpha value is -4.72. The summed E-state index contributed by atoms with van der Waals surface area (Å²) in [6.07, 6.45) is 4.17. The van der Waals surface area contributed by atoms with E-state index in [2.05, 4.69) is 20.9 Å². The van der Waals surface area contributed by atoms with Crippen molar-refractivity contribution in [1.82, 2.24) is 16.0 Å². The smallest absolute Gasteiger partial charge is 0.331 e. The Labute approximate surface area is 350 Å². The molecule has 3 atom stereocenters. The molecule has 0 aromatic heterocycles. The Morgan fingerprint density at radius 2 is 1.37 bits per heavy atom. The molecule has 1 fully saturated rings. The van der Waals surface area contributed by atoms with Crippen molar-refractivity contribution >= 4 is 46.5 Å². The van der Waals surface area contributed by atoms with Crippen LogP contribution in [0.25, 0.3) is 10.8 Å². The van der Waals surface area contributed by atoms with Crippen LogP contribution in [0.1, 0.15) is 126 Å². The highest BCUT2D eigenvalue weighted by molar-refractivity contribution is 5.89. The van der Waals surface area contributed by atoms with Crippen molar-refractivity contribution in [1.29, 1.82) is 0 Å². The highest BCUT2D eigenvalue weighted by atomic mass is 16.6. The zero-order valence-corrected chi connectivity index (χ0v) is 36.6. The lowest BCUT2D eigenvalue weighted by molar-refractivity contribution is -0.224. The summed E-state index contributed by atoms with van der Waals surface area (Å²) in [7, 11) is 0. The molecule has 14 nitrogen and oxygen atoms in total. The molecule has 2 amide bonds. The van der Waals surface area contributed by atoms with Crippen LogP contribution in [0.15, 0.2) is 47.5 Å². The van der Waals surface area contributed by atoms with Crippen LogP contribution in [0.3, 0.4) is 0 Å². The summed E-state index contributed by atoms with van der Waals surface area (Å²) in [5, 5.41) is 24.0. The van der Waals surface area contributed by atoms with Gasteiger partial charge in [-0.1, -0.05) is 42.5 Å². The number of nitrogens with two attached hydrogens (primary N) is 1. The van der Waals surface area contributed by atoms with E-state index < -0.39 is 58.9 Å². The van der Waals surface area contributed by atoms with Gasteiger partial charge in [0.05, 0.1) is 0 Å². The fourth-order valence-electron chi connectivity index (χ4n) is 6.77. The van der Waals surface area contributed by atoms with Gasteiger partial charge in [0.15, 0.2) is 0 Å². The maximum absolute atomic E-state index is 13.7. The minimum Gasteiger partial charge on any atom is -0.846 e. The van der Waals surface area contributed by atoms with Gasteiger partial charge in [-0.25, -0.2) is 9.59 Å². The molecule has 0 aliphatic heterocycles. The summed E-state index contributed by atoms with van der Waals surface area (Å²) in [4.78, 5) is 69.9. The lowest BCUT2D eigenvalue weighted by Crippen LogP contribution is -2.50. The first kappa shape index (κ1) is 48.6. The second kappa shape index (κ2) is 22.0. The largest absolute Gasteiger partial charge is 0.846 e. The van der Waals surface area contributed by atoms with Gasteiger partial charge >= 0.3 is 17.9 Å². The predicted octanol–water partition coefficient (Wildman–Crippen LogP) is 4.77. The average Bonchev–Trinajstić information content (AvgIpc) is 3.13. The monoisotopic (exact) mass is 823 g/mol. The number of unbranched alkanes of at least 4 members (excludes halogenated alkanes) is 1. The number of benzene rings is 2. The van der Waals surface area contributed by atoms with Crippen LogP contribution in [0.2, 0.25) is 0 Å². The molecule has 0 heterocycles. The Kier molecular flexibility index (Phi) is 18.2. The van der Waals surface area contributed by atoms with E-state index in [1.807, 2.05) is 42.5 Å². The number of amidine groups is 1. The van der Waals surface area contributed by atoms with Crippen molar-refractivity contribution in [2.45, 2.75) is 161 Å². The summed E-state index contributed by atoms with van der Waals surface area (Å²) in [5.41, 5.74) is 4.30. The zero-order chi connectivity index (χ0) is 44.0. The van der Waals surface area contributed by atoms with E-state index in [9.17, 15) is 29.1 Å². The molecule has 1 aliphatic rings. The molecule has 5 N–H and O–H groups in total. The fraction of sp³-hybridized carbons (Fsp3) is 0.644. The third kappa shape index (κ3) is 18.4. The lowest BCUT2D eigenvalue weighted by atomic mass is 9.81. The second-order valence-corrected chi connectivity index (χ2v) is 18.5. The number of ether oxygens (including phenoxy) is 3. The quantitative estimate of drug-likeness (QED) is 0.0529. The molecule has 2 aromatic carbocycles. The van der Waals surface area contributed by atoms with Gasteiger partial charge in [0.2, 0.25) is 11.8 Å². The maximum atomic E-state index is 13.7. The molecule has 1 saturated carbocycles. The number of esters is 3. The number of aliphatic imine (C=N–C) groups is 1. The number of nitrogens with one attached hydrogen (secondary N) is 3. The maximum Gasteiger partial charge on any atom is 0.331 e. The Morgan fingerprint density at radius 3 is 1.98 bits per heavy atom. The predicted molar refractivity (Wildman–Crippen MR) is 226 cm³/mol. The van der Waals surface area contributed by atoms with Gasteiger partial charge in [-0.2, -0.15) is 0 Å². The number of fused-ring (bicyclic) bond motifs is 1. The van der Waals surface area contributed by atoms with Crippen molar-refractivity contribution in [3.63, 3.8) is 0 Å². The molecule has 59 heavy (non-hydrogen) atoms. The highest BCUT2D eigenvalue weighted by Gasteiger charge is 2.31. The van der Waals surface area contributed by atoms with Gasteiger partial charge in [0, 0.05) is 31.3 Å². The van der Waals surface area contributed by atoms with Crippen molar-refractivity contribution in [2.24, 2.45) is 22.6 Å². The molecule has 2 aromatic rings. The first-order chi connectivity index (χ1) is 27.5. The molecule has 0 bridgehead atoms. The number of nitrogens with zero attached hydrogens (tertiary/aromatic N) is 1. The number of rotatable bonds is 18. The van der Waals surface area contributed by atoms with E-state index >= 15 is 0 Å². The van der Waals surface area contributed by atoms with Crippen molar-refractivity contribution in [3.8, 4) is 0 Å². The van der Waals surface area contributed by atoms with E-state index in [1.54, 1.807) is 62.3 Å². The van der Waals surface area contributed by atoms with Gasteiger partial charge in [0.1, 0.15) is 34.9 Å². The molecule has 3 rings (SSSR count). The summed E-state index contributed by atoms with van der Waals surface area (Å²) < 4.78 is 16.4. The zero-order valence-electron chi connectivity index (χ0n) is 36.6. The normalized spacial score (nSPS) is 17.9. The highest BCUT2D eigenvalue weighted by Crippen LogP contribution is 2.28. The summed E-state index contributed by atoms with van der Waals surface area (Å²) >= 11 is 0. The van der Waals surface area contributed by atoms with Gasteiger partial charge in [-0.3, -0.25) is 19.4 Å². The first-order valence-corrected chi connectivity index (χ1v) is 21.0. The van der Waals surface area contributed by atoms with E-state index in [0.29, 0.717) is 31.7 Å². The van der Waals surface area contributed by atoms with Gasteiger partial charge < -0.3 is 41.0 Å². The lowest BCUT2D eigenvalue weighted by Gasteiger charge is -2.28. The van der Waals surface area contributed by atoms with Gasteiger partial charge in [-0.15, -0.1) is 0 Å². The van der Waals surface area contributed by atoms with Crippen LogP contribution in [-0.2, 0) is 44.6 Å². The third-order valence-corrected chi connectivity index (χ3v) is 9.64.